The maximum absolute atomic E-state index is 10.8. The van der Waals surface area contributed by atoms with Crippen molar-refractivity contribution < 1.29 is 9.90 Å². The molecule has 78 valence electrons. The number of carbonyl (C=O) groups is 1. The van der Waals surface area contributed by atoms with Gasteiger partial charge in [-0.3, -0.25) is 0 Å². The first kappa shape index (κ1) is 10.7. The molecule has 5 heteroatoms. The largest absolute Gasteiger partial charge is 0.476 e. The predicted molar refractivity (Wildman–Crippen MR) is 51.4 cm³/mol. The molecule has 0 aliphatic heterocycles. The summed E-state index contributed by atoms with van der Waals surface area (Å²) in [5.74, 6) is -0.876. The van der Waals surface area contributed by atoms with Gasteiger partial charge in [0.2, 0.25) is 0 Å². The van der Waals surface area contributed by atoms with Gasteiger partial charge in [-0.25, -0.2) is 9.48 Å². The van der Waals surface area contributed by atoms with Gasteiger partial charge in [0.05, 0.1) is 5.69 Å². The van der Waals surface area contributed by atoms with Crippen LogP contribution in [0.1, 0.15) is 49.3 Å². The number of nitrogens with zero attached hydrogens (tertiary/aromatic N) is 3. The second-order valence-electron chi connectivity index (χ2n) is 3.51. The van der Waals surface area contributed by atoms with Crippen LogP contribution in [0, 0.1) is 0 Å². The van der Waals surface area contributed by atoms with E-state index >= 15 is 0 Å². The Hall–Kier alpha value is -1.39. The first-order valence-corrected chi connectivity index (χ1v) is 4.74. The van der Waals surface area contributed by atoms with E-state index in [2.05, 4.69) is 10.3 Å². The van der Waals surface area contributed by atoms with E-state index in [-0.39, 0.29) is 11.6 Å². The molecule has 0 aliphatic carbocycles. The topological polar surface area (TPSA) is 68.0 Å². The normalized spacial score (nSPS) is 10.9. The molecular weight excluding hydrogens is 182 g/mol. The van der Waals surface area contributed by atoms with E-state index in [0.717, 1.165) is 6.42 Å². The summed E-state index contributed by atoms with van der Waals surface area (Å²) in [4.78, 5) is 10.8. The lowest BCUT2D eigenvalue weighted by molar-refractivity contribution is 0.0688. The van der Waals surface area contributed by atoms with Crippen molar-refractivity contribution in [2.24, 2.45) is 0 Å². The van der Waals surface area contributed by atoms with Crippen molar-refractivity contribution in [3.8, 4) is 0 Å². The highest BCUT2D eigenvalue weighted by molar-refractivity contribution is 5.86. The molecule has 1 heterocycles. The molecule has 0 radical (unpaired) electrons. The number of carboxylic acids is 1. The maximum atomic E-state index is 10.8. The third kappa shape index (κ3) is 1.92. The zero-order valence-electron chi connectivity index (χ0n) is 8.69. The first-order chi connectivity index (χ1) is 6.57. The van der Waals surface area contributed by atoms with E-state index in [0.29, 0.717) is 12.2 Å². The summed E-state index contributed by atoms with van der Waals surface area (Å²) in [6.07, 6.45) is 0.919. The maximum Gasteiger partial charge on any atom is 0.358 e. The predicted octanol–water partition coefficient (Wildman–Crippen LogP) is 1.51. The average molecular weight is 197 g/mol. The van der Waals surface area contributed by atoms with Crippen LogP contribution in [0.2, 0.25) is 0 Å². The molecule has 0 fully saturated rings. The Labute approximate surface area is 82.7 Å². The summed E-state index contributed by atoms with van der Waals surface area (Å²) >= 11 is 0. The molecule has 1 rings (SSSR count). The summed E-state index contributed by atoms with van der Waals surface area (Å²) < 4.78 is 1.67. The highest BCUT2D eigenvalue weighted by atomic mass is 16.4. The summed E-state index contributed by atoms with van der Waals surface area (Å²) in [5, 5.41) is 16.4. The molecule has 1 N–H and O–H groups in total. The van der Waals surface area contributed by atoms with Crippen molar-refractivity contribution in [1.82, 2.24) is 15.0 Å². The van der Waals surface area contributed by atoms with Crippen LogP contribution in [-0.2, 0) is 6.54 Å². The van der Waals surface area contributed by atoms with E-state index in [4.69, 9.17) is 5.11 Å². The Morgan fingerprint density at radius 3 is 2.64 bits per heavy atom. The van der Waals surface area contributed by atoms with E-state index in [9.17, 15) is 4.79 Å². The minimum Gasteiger partial charge on any atom is -0.476 e. The van der Waals surface area contributed by atoms with Gasteiger partial charge in [0.15, 0.2) is 5.69 Å². The van der Waals surface area contributed by atoms with Crippen LogP contribution >= 0.6 is 0 Å². The smallest absolute Gasteiger partial charge is 0.358 e. The fraction of sp³-hybridized carbons (Fsp3) is 0.667. The summed E-state index contributed by atoms with van der Waals surface area (Å²) in [6, 6.07) is 0. The van der Waals surface area contributed by atoms with Gasteiger partial charge in [-0.1, -0.05) is 26.0 Å². The van der Waals surface area contributed by atoms with Gasteiger partial charge >= 0.3 is 5.97 Å². The number of hydrogen-bond donors (Lipinski definition) is 1. The highest BCUT2D eigenvalue weighted by Crippen LogP contribution is 2.17. The Morgan fingerprint density at radius 2 is 2.21 bits per heavy atom. The van der Waals surface area contributed by atoms with Crippen LogP contribution in [0.4, 0.5) is 0 Å². The van der Waals surface area contributed by atoms with Gasteiger partial charge in [-0.05, 0) is 12.3 Å². The molecule has 0 spiro atoms. The molecule has 0 aromatic carbocycles. The van der Waals surface area contributed by atoms with Crippen LogP contribution < -0.4 is 0 Å². The second kappa shape index (κ2) is 4.21. The lowest BCUT2D eigenvalue weighted by atomic mass is 10.1. The van der Waals surface area contributed by atoms with E-state index in [1.807, 2.05) is 20.8 Å². The lowest BCUT2D eigenvalue weighted by Crippen LogP contribution is -2.09. The molecule has 0 saturated carbocycles. The molecular formula is C9H15N3O2. The SMILES string of the molecule is CCCn1nnc(C(=O)O)c1C(C)C. The molecule has 14 heavy (non-hydrogen) atoms. The highest BCUT2D eigenvalue weighted by Gasteiger charge is 2.20. The zero-order valence-corrected chi connectivity index (χ0v) is 8.69. The van der Waals surface area contributed by atoms with E-state index in [1.165, 1.54) is 0 Å². The molecule has 1 aromatic heterocycles. The van der Waals surface area contributed by atoms with Crippen LogP contribution in [0.15, 0.2) is 0 Å². The third-order valence-corrected chi connectivity index (χ3v) is 1.96. The number of aromatic carboxylic acids is 1. The minimum absolute atomic E-state index is 0.0773. The summed E-state index contributed by atoms with van der Waals surface area (Å²) in [7, 11) is 0. The van der Waals surface area contributed by atoms with Crippen molar-refractivity contribution >= 4 is 5.97 Å². The quantitative estimate of drug-likeness (QED) is 0.794. The van der Waals surface area contributed by atoms with Gasteiger partial charge in [-0.2, -0.15) is 0 Å². The molecule has 0 aliphatic rings. The van der Waals surface area contributed by atoms with Crippen molar-refractivity contribution in [3.63, 3.8) is 0 Å². The Balaban J connectivity index is 3.13. The van der Waals surface area contributed by atoms with Crippen molar-refractivity contribution in [1.29, 1.82) is 0 Å². The molecule has 0 amide bonds. The van der Waals surface area contributed by atoms with Gasteiger partial charge in [0, 0.05) is 6.54 Å². The van der Waals surface area contributed by atoms with Gasteiger partial charge < -0.3 is 5.11 Å². The zero-order chi connectivity index (χ0) is 10.7. The van der Waals surface area contributed by atoms with Gasteiger partial charge in [0.1, 0.15) is 0 Å². The third-order valence-electron chi connectivity index (χ3n) is 1.96. The molecule has 0 saturated heterocycles. The number of aryl methyl sites for hydroxylation is 1. The van der Waals surface area contributed by atoms with Crippen molar-refractivity contribution in [3.05, 3.63) is 11.4 Å². The van der Waals surface area contributed by atoms with Gasteiger partial charge in [-0.15, -0.1) is 5.10 Å². The van der Waals surface area contributed by atoms with Crippen LogP contribution in [0.5, 0.6) is 0 Å². The van der Waals surface area contributed by atoms with Crippen LogP contribution in [0.25, 0.3) is 0 Å². The van der Waals surface area contributed by atoms with E-state index in [1.54, 1.807) is 4.68 Å². The fourth-order valence-corrected chi connectivity index (χ4v) is 1.42. The monoisotopic (exact) mass is 197 g/mol. The van der Waals surface area contributed by atoms with Crippen LogP contribution in [0.3, 0.4) is 0 Å². The number of aromatic nitrogens is 3. The molecule has 0 atom stereocenters. The number of hydrogen-bond acceptors (Lipinski definition) is 3. The number of carboxylic acid groups (broad SMARTS) is 1. The first-order valence-electron chi connectivity index (χ1n) is 4.74. The van der Waals surface area contributed by atoms with E-state index < -0.39 is 5.97 Å². The van der Waals surface area contributed by atoms with Crippen molar-refractivity contribution in [2.75, 3.05) is 0 Å². The summed E-state index contributed by atoms with van der Waals surface area (Å²) in [6.45, 7) is 6.62. The Kier molecular flexibility index (Phi) is 3.22. The molecule has 5 nitrogen and oxygen atoms in total. The molecule has 1 aromatic rings. The minimum atomic E-state index is -1.00. The number of rotatable bonds is 4. The average Bonchev–Trinajstić information content (AvgIpc) is 2.48. The molecule has 0 bridgehead atoms. The van der Waals surface area contributed by atoms with Crippen LogP contribution in [-0.4, -0.2) is 26.1 Å². The van der Waals surface area contributed by atoms with Gasteiger partial charge in [0.25, 0.3) is 0 Å². The lowest BCUT2D eigenvalue weighted by Gasteiger charge is -2.08. The Morgan fingerprint density at radius 1 is 1.57 bits per heavy atom. The molecule has 0 unspecified atom stereocenters. The standard InChI is InChI=1S/C9H15N3O2/c1-4-5-12-8(6(2)3)7(9(13)14)10-11-12/h6H,4-5H2,1-3H3,(H,13,14). The summed E-state index contributed by atoms with van der Waals surface area (Å²) in [5.41, 5.74) is 0.785. The fourth-order valence-electron chi connectivity index (χ4n) is 1.42. The Bertz CT molecular complexity index is 331. The second-order valence-corrected chi connectivity index (χ2v) is 3.51. The van der Waals surface area contributed by atoms with Crippen molar-refractivity contribution in [2.45, 2.75) is 39.7 Å².